The van der Waals surface area contributed by atoms with Crippen molar-refractivity contribution in [1.82, 2.24) is 10.1 Å². The summed E-state index contributed by atoms with van der Waals surface area (Å²) < 4.78 is 10.6. The molecule has 1 aromatic rings. The van der Waals surface area contributed by atoms with E-state index >= 15 is 0 Å². The molecule has 5 nitrogen and oxygen atoms in total. The van der Waals surface area contributed by atoms with E-state index in [9.17, 15) is 0 Å². The fourth-order valence-corrected chi connectivity index (χ4v) is 2.45. The summed E-state index contributed by atoms with van der Waals surface area (Å²) in [5.74, 6) is 1.55. The van der Waals surface area contributed by atoms with Crippen molar-refractivity contribution in [3.05, 3.63) is 11.7 Å². The fourth-order valence-electron chi connectivity index (χ4n) is 2.45. The van der Waals surface area contributed by atoms with Gasteiger partial charge in [0, 0.05) is 13.2 Å². The number of ether oxygens (including phenoxy) is 1. The van der Waals surface area contributed by atoms with Gasteiger partial charge >= 0.3 is 0 Å². The van der Waals surface area contributed by atoms with E-state index in [1.165, 1.54) is 12.8 Å². The monoisotopic (exact) mass is 239 g/mol. The Hall–Kier alpha value is -0.940. The summed E-state index contributed by atoms with van der Waals surface area (Å²) in [4.78, 5) is 4.44. The normalized spacial score (nSPS) is 27.0. The number of aromatic nitrogens is 2. The molecule has 0 radical (unpaired) electrons. The Morgan fingerprint density at radius 3 is 2.88 bits per heavy atom. The number of nitrogens with two attached hydrogens (primary N) is 1. The van der Waals surface area contributed by atoms with E-state index in [1.54, 1.807) is 7.11 Å². The van der Waals surface area contributed by atoms with Crippen molar-refractivity contribution in [3.8, 4) is 0 Å². The number of nitrogens with zero attached hydrogens (tertiary/aromatic N) is 2. The molecule has 2 rings (SSSR count). The lowest BCUT2D eigenvalue weighted by atomic mass is 9.85. The summed E-state index contributed by atoms with van der Waals surface area (Å²) in [6.45, 7) is 2.04. The first-order valence-corrected chi connectivity index (χ1v) is 6.38. The first-order valence-electron chi connectivity index (χ1n) is 6.38. The van der Waals surface area contributed by atoms with E-state index in [0.717, 1.165) is 19.3 Å². The molecule has 0 bridgehead atoms. The molecule has 1 fully saturated rings. The van der Waals surface area contributed by atoms with Crippen molar-refractivity contribution in [1.29, 1.82) is 0 Å². The predicted octanol–water partition coefficient (Wildman–Crippen LogP) is 2.15. The second-order valence-electron chi connectivity index (χ2n) is 4.68. The van der Waals surface area contributed by atoms with Crippen molar-refractivity contribution in [2.24, 2.45) is 5.73 Å². The molecule has 0 aliphatic heterocycles. The molecule has 1 heterocycles. The maximum Gasteiger partial charge on any atom is 0.231 e. The molecule has 1 aliphatic carbocycles. The third kappa shape index (κ3) is 2.66. The molecule has 1 aliphatic rings. The average molecular weight is 239 g/mol. The van der Waals surface area contributed by atoms with Crippen LogP contribution in [0.4, 0.5) is 0 Å². The number of methoxy groups -OCH3 is 1. The van der Waals surface area contributed by atoms with Crippen molar-refractivity contribution in [3.63, 3.8) is 0 Å². The quantitative estimate of drug-likeness (QED) is 0.871. The zero-order valence-corrected chi connectivity index (χ0v) is 10.6. The van der Waals surface area contributed by atoms with E-state index in [-0.39, 0.29) is 18.1 Å². The molecule has 0 amide bonds. The van der Waals surface area contributed by atoms with Crippen molar-refractivity contribution >= 4 is 0 Å². The summed E-state index contributed by atoms with van der Waals surface area (Å²) in [6.07, 6.45) is 5.25. The number of hydrogen-bond acceptors (Lipinski definition) is 5. The van der Waals surface area contributed by atoms with Gasteiger partial charge in [-0.05, 0) is 19.3 Å². The molecule has 0 spiro atoms. The summed E-state index contributed by atoms with van der Waals surface area (Å²) in [6, 6.07) is 0.152. The lowest BCUT2D eigenvalue weighted by molar-refractivity contribution is 0.0903. The zero-order chi connectivity index (χ0) is 12.3. The van der Waals surface area contributed by atoms with Gasteiger partial charge in [-0.3, -0.25) is 0 Å². The van der Waals surface area contributed by atoms with E-state index in [2.05, 4.69) is 10.1 Å². The summed E-state index contributed by atoms with van der Waals surface area (Å²) in [7, 11) is 1.66. The van der Waals surface area contributed by atoms with Gasteiger partial charge in [-0.15, -0.1) is 0 Å². The Bertz CT molecular complexity index is 349. The molecule has 1 saturated carbocycles. The molecule has 2 N–H and O–H groups in total. The maximum absolute atomic E-state index is 6.10. The number of rotatable bonds is 4. The third-order valence-electron chi connectivity index (χ3n) is 3.54. The first-order chi connectivity index (χ1) is 8.26. The number of hydrogen-bond donors (Lipinski definition) is 1. The molecule has 3 unspecified atom stereocenters. The van der Waals surface area contributed by atoms with Crippen molar-refractivity contribution < 1.29 is 9.26 Å². The Morgan fingerprint density at radius 1 is 1.47 bits per heavy atom. The molecular formula is C12H21N3O2. The van der Waals surface area contributed by atoms with Crippen LogP contribution in [0.15, 0.2) is 4.52 Å². The highest BCUT2D eigenvalue weighted by Crippen LogP contribution is 2.31. The van der Waals surface area contributed by atoms with Gasteiger partial charge in [0.1, 0.15) is 6.10 Å². The minimum atomic E-state index is -0.0766. The first kappa shape index (κ1) is 12.5. The van der Waals surface area contributed by atoms with Crippen LogP contribution in [0.2, 0.25) is 0 Å². The van der Waals surface area contributed by atoms with Crippen LogP contribution in [0.5, 0.6) is 0 Å². The molecule has 17 heavy (non-hydrogen) atoms. The Kier molecular flexibility index (Phi) is 4.12. The Balaban J connectivity index is 2.11. The van der Waals surface area contributed by atoms with Gasteiger partial charge in [0.25, 0.3) is 0 Å². The lowest BCUT2D eigenvalue weighted by Gasteiger charge is -2.25. The van der Waals surface area contributed by atoms with E-state index in [0.29, 0.717) is 11.7 Å². The van der Waals surface area contributed by atoms with Crippen LogP contribution in [0.25, 0.3) is 0 Å². The molecule has 0 saturated heterocycles. The second-order valence-corrected chi connectivity index (χ2v) is 4.68. The standard InChI is InChI=1S/C12H21N3O2/c1-3-10(16-2)11-14-12(17-15-11)8-6-4-5-7-9(8)13/h8-10H,3-7,13H2,1-2H3. The molecule has 96 valence electrons. The predicted molar refractivity (Wildman–Crippen MR) is 63.5 cm³/mol. The van der Waals surface area contributed by atoms with Crippen LogP contribution >= 0.6 is 0 Å². The minimum Gasteiger partial charge on any atom is -0.373 e. The molecule has 3 atom stereocenters. The van der Waals surface area contributed by atoms with E-state index in [1.807, 2.05) is 6.92 Å². The summed E-state index contributed by atoms with van der Waals surface area (Å²) >= 11 is 0. The van der Waals surface area contributed by atoms with Gasteiger partial charge in [0.05, 0.1) is 5.92 Å². The second kappa shape index (κ2) is 5.60. The SMILES string of the molecule is CCC(OC)c1noc(C2CCCCC2N)n1. The Labute approximate surface area is 102 Å². The van der Waals surface area contributed by atoms with Crippen molar-refractivity contribution in [2.75, 3.05) is 7.11 Å². The zero-order valence-electron chi connectivity index (χ0n) is 10.6. The van der Waals surface area contributed by atoms with Crippen molar-refractivity contribution in [2.45, 2.75) is 57.1 Å². The van der Waals surface area contributed by atoms with Crippen LogP contribution in [-0.2, 0) is 4.74 Å². The molecule has 1 aromatic heterocycles. The highest BCUT2D eigenvalue weighted by Gasteiger charge is 2.29. The molecule has 5 heteroatoms. The van der Waals surface area contributed by atoms with Crippen LogP contribution in [0, 0.1) is 0 Å². The van der Waals surface area contributed by atoms with Crippen LogP contribution < -0.4 is 5.73 Å². The lowest BCUT2D eigenvalue weighted by Crippen LogP contribution is -2.31. The van der Waals surface area contributed by atoms with Gasteiger partial charge < -0.3 is 15.0 Å². The average Bonchev–Trinajstić information content (AvgIpc) is 2.81. The minimum absolute atomic E-state index is 0.0766. The van der Waals surface area contributed by atoms with E-state index < -0.39 is 0 Å². The van der Waals surface area contributed by atoms with Crippen LogP contribution in [0.1, 0.15) is 62.8 Å². The Morgan fingerprint density at radius 2 is 2.24 bits per heavy atom. The summed E-state index contributed by atoms with van der Waals surface area (Å²) in [5, 5.41) is 4.00. The largest absolute Gasteiger partial charge is 0.373 e. The van der Waals surface area contributed by atoms with Gasteiger partial charge in [0.2, 0.25) is 11.7 Å². The summed E-state index contributed by atoms with van der Waals surface area (Å²) in [5.41, 5.74) is 6.10. The highest BCUT2D eigenvalue weighted by molar-refractivity contribution is 5.01. The maximum atomic E-state index is 6.10. The fraction of sp³-hybridized carbons (Fsp3) is 0.833. The topological polar surface area (TPSA) is 74.2 Å². The van der Waals surface area contributed by atoms with Gasteiger partial charge in [-0.25, -0.2) is 0 Å². The highest BCUT2D eigenvalue weighted by atomic mass is 16.5. The molecular weight excluding hydrogens is 218 g/mol. The third-order valence-corrected chi connectivity index (χ3v) is 3.54. The van der Waals surface area contributed by atoms with Gasteiger partial charge in [-0.1, -0.05) is 24.9 Å². The smallest absolute Gasteiger partial charge is 0.231 e. The van der Waals surface area contributed by atoms with Gasteiger partial charge in [0.15, 0.2) is 0 Å². The van der Waals surface area contributed by atoms with Gasteiger partial charge in [-0.2, -0.15) is 4.98 Å². The van der Waals surface area contributed by atoms with E-state index in [4.69, 9.17) is 15.0 Å². The van der Waals surface area contributed by atoms with Crippen LogP contribution in [-0.4, -0.2) is 23.3 Å². The van der Waals surface area contributed by atoms with Crippen LogP contribution in [0.3, 0.4) is 0 Å². The molecule has 0 aromatic carbocycles.